The van der Waals surface area contributed by atoms with Crippen LogP contribution in [0.3, 0.4) is 0 Å². The van der Waals surface area contributed by atoms with Crippen molar-refractivity contribution in [2.75, 3.05) is 33.7 Å². The van der Waals surface area contributed by atoms with Gasteiger partial charge in [0.15, 0.2) is 0 Å². The van der Waals surface area contributed by atoms with Crippen LogP contribution in [0.25, 0.3) is 0 Å². The second-order valence-electron chi connectivity index (χ2n) is 4.75. The molecule has 1 N–H and O–H groups in total. The van der Waals surface area contributed by atoms with E-state index < -0.39 is 0 Å². The number of hydrogen-bond acceptors (Lipinski definition) is 2. The van der Waals surface area contributed by atoms with Gasteiger partial charge in [-0.05, 0) is 64.8 Å². The normalized spacial score (nSPS) is 22.5. The van der Waals surface area contributed by atoms with E-state index in [1.807, 2.05) is 0 Å². The largest absolute Gasteiger partial charge is 0.319 e. The van der Waals surface area contributed by atoms with Crippen molar-refractivity contribution in [2.45, 2.75) is 32.6 Å². The van der Waals surface area contributed by atoms with Gasteiger partial charge in [0.25, 0.3) is 0 Å². The maximum absolute atomic E-state index is 3.35. The van der Waals surface area contributed by atoms with Crippen LogP contribution in [0.5, 0.6) is 0 Å². The fourth-order valence-corrected chi connectivity index (χ4v) is 2.64. The molecule has 1 atom stereocenters. The van der Waals surface area contributed by atoms with E-state index in [0.717, 1.165) is 11.8 Å². The number of hydrogen-bond donors (Lipinski definition) is 1. The highest BCUT2D eigenvalue weighted by Gasteiger charge is 2.23. The number of nitrogens with one attached hydrogen (secondary N) is 1. The summed E-state index contributed by atoms with van der Waals surface area (Å²) in [7, 11) is 4.32. The molecule has 1 rings (SSSR count). The van der Waals surface area contributed by atoms with Crippen molar-refractivity contribution in [1.82, 2.24) is 10.2 Å². The maximum atomic E-state index is 3.35. The highest BCUT2D eigenvalue weighted by molar-refractivity contribution is 4.77. The van der Waals surface area contributed by atoms with Crippen molar-refractivity contribution in [3.05, 3.63) is 0 Å². The highest BCUT2D eigenvalue weighted by atomic mass is 15.1. The second kappa shape index (κ2) is 6.41. The Morgan fingerprint density at radius 3 is 2.50 bits per heavy atom. The Morgan fingerprint density at radius 1 is 1.36 bits per heavy atom. The average molecular weight is 198 g/mol. The molecular formula is C12H26N2. The van der Waals surface area contributed by atoms with Crippen molar-refractivity contribution >= 4 is 0 Å². The first kappa shape index (κ1) is 12.0. The summed E-state index contributed by atoms with van der Waals surface area (Å²) in [6.07, 6.45) is 5.54. The van der Waals surface area contributed by atoms with Gasteiger partial charge in [0.05, 0.1) is 0 Å². The van der Waals surface area contributed by atoms with Crippen molar-refractivity contribution in [1.29, 1.82) is 0 Å². The van der Waals surface area contributed by atoms with Crippen LogP contribution in [0, 0.1) is 11.8 Å². The standard InChI is InChI=1S/C12H26N2/c1-4-5-12(10-13-2)11-6-8-14(3)9-7-11/h11-13H,4-10H2,1-3H3. The minimum absolute atomic E-state index is 0.915. The number of piperidine rings is 1. The van der Waals surface area contributed by atoms with E-state index in [-0.39, 0.29) is 0 Å². The smallest absolute Gasteiger partial charge is 0.00190 e. The molecule has 2 heteroatoms. The van der Waals surface area contributed by atoms with E-state index in [4.69, 9.17) is 0 Å². The Balaban J connectivity index is 2.34. The quantitative estimate of drug-likeness (QED) is 0.726. The number of nitrogens with zero attached hydrogens (tertiary/aromatic N) is 1. The molecule has 14 heavy (non-hydrogen) atoms. The molecule has 84 valence electrons. The fourth-order valence-electron chi connectivity index (χ4n) is 2.64. The van der Waals surface area contributed by atoms with Gasteiger partial charge < -0.3 is 10.2 Å². The van der Waals surface area contributed by atoms with Crippen LogP contribution in [0.2, 0.25) is 0 Å². The molecule has 0 saturated carbocycles. The van der Waals surface area contributed by atoms with Gasteiger partial charge in [0.1, 0.15) is 0 Å². The molecule has 0 radical (unpaired) electrons. The molecule has 0 amide bonds. The van der Waals surface area contributed by atoms with Crippen LogP contribution in [-0.4, -0.2) is 38.6 Å². The minimum atomic E-state index is 0.915. The van der Waals surface area contributed by atoms with Gasteiger partial charge in [-0.2, -0.15) is 0 Å². The fraction of sp³-hybridized carbons (Fsp3) is 1.00. The third-order valence-corrected chi connectivity index (χ3v) is 3.56. The van der Waals surface area contributed by atoms with E-state index in [1.165, 1.54) is 45.3 Å². The van der Waals surface area contributed by atoms with E-state index in [9.17, 15) is 0 Å². The third kappa shape index (κ3) is 3.58. The van der Waals surface area contributed by atoms with E-state index in [2.05, 4.69) is 31.2 Å². The zero-order valence-corrected chi connectivity index (χ0v) is 10.1. The molecule has 0 bridgehead atoms. The van der Waals surface area contributed by atoms with Crippen LogP contribution in [0.4, 0.5) is 0 Å². The van der Waals surface area contributed by atoms with Crippen LogP contribution >= 0.6 is 0 Å². The summed E-state index contributed by atoms with van der Waals surface area (Å²) in [5.74, 6) is 1.89. The van der Waals surface area contributed by atoms with E-state index in [1.54, 1.807) is 0 Å². The van der Waals surface area contributed by atoms with E-state index >= 15 is 0 Å². The maximum Gasteiger partial charge on any atom is -0.00190 e. The zero-order valence-electron chi connectivity index (χ0n) is 10.1. The lowest BCUT2D eigenvalue weighted by Crippen LogP contribution is -2.36. The van der Waals surface area contributed by atoms with Crippen LogP contribution < -0.4 is 5.32 Å². The van der Waals surface area contributed by atoms with Gasteiger partial charge in [0, 0.05) is 0 Å². The Kier molecular flexibility index (Phi) is 5.49. The van der Waals surface area contributed by atoms with Crippen LogP contribution in [-0.2, 0) is 0 Å². The van der Waals surface area contributed by atoms with Gasteiger partial charge in [-0.3, -0.25) is 0 Å². The van der Waals surface area contributed by atoms with Crippen LogP contribution in [0.15, 0.2) is 0 Å². The predicted octanol–water partition coefficient (Wildman–Crippen LogP) is 1.96. The van der Waals surface area contributed by atoms with Gasteiger partial charge >= 0.3 is 0 Å². The molecule has 1 saturated heterocycles. The van der Waals surface area contributed by atoms with Crippen molar-refractivity contribution in [3.63, 3.8) is 0 Å². The average Bonchev–Trinajstić information content (AvgIpc) is 2.19. The first-order valence-corrected chi connectivity index (χ1v) is 6.11. The molecule has 0 aromatic carbocycles. The molecule has 2 nitrogen and oxygen atoms in total. The molecule has 1 aliphatic rings. The second-order valence-corrected chi connectivity index (χ2v) is 4.75. The molecule has 1 unspecified atom stereocenters. The number of likely N-dealkylation sites (tertiary alicyclic amines) is 1. The summed E-state index contributed by atoms with van der Waals surface area (Å²) in [6.45, 7) is 6.11. The van der Waals surface area contributed by atoms with Gasteiger partial charge in [-0.25, -0.2) is 0 Å². The molecule has 0 aliphatic carbocycles. The lowest BCUT2D eigenvalue weighted by Gasteiger charge is -2.34. The lowest BCUT2D eigenvalue weighted by atomic mass is 9.82. The summed E-state index contributed by atoms with van der Waals surface area (Å²) in [6, 6.07) is 0. The molecule has 0 aromatic heterocycles. The van der Waals surface area contributed by atoms with Gasteiger partial charge in [-0.15, -0.1) is 0 Å². The predicted molar refractivity (Wildman–Crippen MR) is 62.5 cm³/mol. The topological polar surface area (TPSA) is 15.3 Å². The summed E-state index contributed by atoms with van der Waals surface area (Å²) in [4.78, 5) is 2.46. The van der Waals surface area contributed by atoms with E-state index in [0.29, 0.717) is 0 Å². The molecule has 1 aliphatic heterocycles. The lowest BCUT2D eigenvalue weighted by molar-refractivity contribution is 0.163. The summed E-state index contributed by atoms with van der Waals surface area (Å²) < 4.78 is 0. The van der Waals surface area contributed by atoms with Gasteiger partial charge in [0.2, 0.25) is 0 Å². The molecule has 1 fully saturated rings. The summed E-state index contributed by atoms with van der Waals surface area (Å²) >= 11 is 0. The molecule has 0 aromatic rings. The Bertz CT molecular complexity index is 133. The summed E-state index contributed by atoms with van der Waals surface area (Å²) in [5.41, 5.74) is 0. The third-order valence-electron chi connectivity index (χ3n) is 3.56. The van der Waals surface area contributed by atoms with Gasteiger partial charge in [-0.1, -0.05) is 13.3 Å². The molecular weight excluding hydrogens is 172 g/mol. The van der Waals surface area contributed by atoms with Crippen molar-refractivity contribution in [3.8, 4) is 0 Å². The number of rotatable bonds is 5. The summed E-state index contributed by atoms with van der Waals surface area (Å²) in [5, 5.41) is 3.35. The first-order chi connectivity index (χ1) is 6.77. The van der Waals surface area contributed by atoms with Crippen molar-refractivity contribution < 1.29 is 0 Å². The Labute approximate surface area is 89.1 Å². The zero-order chi connectivity index (χ0) is 10.4. The van der Waals surface area contributed by atoms with Crippen LogP contribution in [0.1, 0.15) is 32.6 Å². The first-order valence-electron chi connectivity index (χ1n) is 6.11. The molecule has 1 heterocycles. The Hall–Kier alpha value is -0.0800. The monoisotopic (exact) mass is 198 g/mol. The van der Waals surface area contributed by atoms with Crippen molar-refractivity contribution in [2.24, 2.45) is 11.8 Å². The highest BCUT2D eigenvalue weighted by Crippen LogP contribution is 2.27. The molecule has 0 spiro atoms. The minimum Gasteiger partial charge on any atom is -0.319 e. The Morgan fingerprint density at radius 2 is 2.00 bits per heavy atom. The SMILES string of the molecule is CCCC(CNC)C1CCN(C)CC1.